The molecule has 2 amide bonds. The molecule has 1 aromatic rings. The molecule has 0 radical (unpaired) electrons. The van der Waals surface area contributed by atoms with Crippen molar-refractivity contribution >= 4 is 11.8 Å². The Morgan fingerprint density at radius 1 is 1.22 bits per heavy atom. The molecular weight excluding hydrogens is 365 g/mol. The van der Waals surface area contributed by atoms with Gasteiger partial charge in [0.1, 0.15) is 12.2 Å². The lowest BCUT2D eigenvalue weighted by Crippen LogP contribution is -2.42. The quantitative estimate of drug-likeness (QED) is 0.824. The van der Waals surface area contributed by atoms with E-state index in [0.717, 1.165) is 25.7 Å². The number of carbonyl (C=O) groups excluding carboxylic acids is 2. The van der Waals surface area contributed by atoms with E-state index in [2.05, 4.69) is 10.2 Å². The fourth-order valence-electron chi connectivity index (χ4n) is 3.55. The monoisotopic (exact) mass is 388 g/mol. The van der Waals surface area contributed by atoms with Crippen LogP contribution in [0.2, 0.25) is 0 Å². The van der Waals surface area contributed by atoms with Gasteiger partial charge in [0.05, 0.1) is 0 Å². The summed E-state index contributed by atoms with van der Waals surface area (Å²) in [6.45, 7) is 1.10. The molecule has 27 heavy (non-hydrogen) atoms. The number of H-pyrrole nitrogens is 1. The number of nitrogens with zero attached hydrogens (tertiary/aromatic N) is 2. The van der Waals surface area contributed by atoms with Crippen LogP contribution < -0.4 is 5.32 Å². The van der Waals surface area contributed by atoms with Crippen molar-refractivity contribution in [1.82, 2.24) is 20.4 Å². The average molecular weight is 388 g/mol. The standard InChI is InChI=1S/C17H23F3N4O3/c18-17(19,20)10-21-15(25)14-9-13(22-23-14)11-1-5-24(6-2-11)16(26)12-3-7-27-8-4-12/h9,11-12H,1-8,10H2,(H,21,25)(H,22,23). The van der Waals surface area contributed by atoms with Gasteiger partial charge in [-0.15, -0.1) is 0 Å². The molecule has 2 aliphatic heterocycles. The van der Waals surface area contributed by atoms with E-state index in [0.29, 0.717) is 32.0 Å². The third-order valence-corrected chi connectivity index (χ3v) is 5.10. The highest BCUT2D eigenvalue weighted by molar-refractivity contribution is 5.92. The third kappa shape index (κ3) is 5.21. The van der Waals surface area contributed by atoms with Crippen molar-refractivity contribution in [3.05, 3.63) is 17.5 Å². The Kier molecular flexibility index (Phi) is 6.03. The minimum absolute atomic E-state index is 0.0337. The first-order valence-electron chi connectivity index (χ1n) is 9.10. The number of halogens is 3. The van der Waals surface area contributed by atoms with Gasteiger partial charge in [-0.3, -0.25) is 14.7 Å². The highest BCUT2D eigenvalue weighted by Gasteiger charge is 2.31. The molecular formula is C17H23F3N4O3. The number of hydrogen-bond donors (Lipinski definition) is 2. The van der Waals surface area contributed by atoms with Crippen LogP contribution in [0.4, 0.5) is 13.2 Å². The second kappa shape index (κ2) is 8.28. The van der Waals surface area contributed by atoms with Gasteiger partial charge >= 0.3 is 6.18 Å². The van der Waals surface area contributed by atoms with E-state index in [-0.39, 0.29) is 23.4 Å². The number of aromatic amines is 1. The maximum absolute atomic E-state index is 12.5. The number of piperidine rings is 1. The smallest absolute Gasteiger partial charge is 0.381 e. The van der Waals surface area contributed by atoms with Crippen molar-refractivity contribution in [1.29, 1.82) is 0 Å². The molecule has 2 fully saturated rings. The van der Waals surface area contributed by atoms with Gasteiger partial charge < -0.3 is 15.0 Å². The lowest BCUT2D eigenvalue weighted by atomic mass is 9.91. The van der Waals surface area contributed by atoms with Gasteiger partial charge in [0.25, 0.3) is 5.91 Å². The predicted octanol–water partition coefficient (Wildman–Crippen LogP) is 1.83. The second-order valence-electron chi connectivity index (χ2n) is 6.99. The van der Waals surface area contributed by atoms with Gasteiger partial charge in [0.15, 0.2) is 0 Å². The molecule has 3 rings (SSSR count). The van der Waals surface area contributed by atoms with Crippen LogP contribution in [0.25, 0.3) is 0 Å². The van der Waals surface area contributed by atoms with Gasteiger partial charge in [-0.1, -0.05) is 0 Å². The molecule has 0 aromatic carbocycles. The minimum atomic E-state index is -4.46. The van der Waals surface area contributed by atoms with Gasteiger partial charge in [-0.2, -0.15) is 18.3 Å². The van der Waals surface area contributed by atoms with Gasteiger partial charge in [-0.25, -0.2) is 0 Å². The number of alkyl halides is 3. The molecule has 0 atom stereocenters. The second-order valence-corrected chi connectivity index (χ2v) is 6.99. The number of rotatable bonds is 4. The largest absolute Gasteiger partial charge is 0.405 e. The first kappa shape index (κ1) is 19.7. The molecule has 3 heterocycles. The molecule has 7 nitrogen and oxygen atoms in total. The topological polar surface area (TPSA) is 87.3 Å². The van der Waals surface area contributed by atoms with Crippen molar-refractivity contribution in [2.45, 2.75) is 37.8 Å². The number of ether oxygens (including phenoxy) is 1. The Morgan fingerprint density at radius 2 is 1.89 bits per heavy atom. The number of aromatic nitrogens is 2. The Morgan fingerprint density at radius 3 is 2.52 bits per heavy atom. The molecule has 1 aromatic heterocycles. The first-order valence-corrected chi connectivity index (χ1v) is 9.10. The van der Waals surface area contributed by atoms with E-state index in [1.54, 1.807) is 5.32 Å². The van der Waals surface area contributed by atoms with E-state index in [9.17, 15) is 22.8 Å². The van der Waals surface area contributed by atoms with Crippen molar-refractivity contribution in [2.24, 2.45) is 5.92 Å². The van der Waals surface area contributed by atoms with Crippen LogP contribution in [0.1, 0.15) is 47.8 Å². The number of likely N-dealkylation sites (tertiary alicyclic amines) is 1. The summed E-state index contributed by atoms with van der Waals surface area (Å²) in [4.78, 5) is 26.2. The summed E-state index contributed by atoms with van der Waals surface area (Å²) < 4.78 is 41.8. The molecule has 0 bridgehead atoms. The van der Waals surface area contributed by atoms with Crippen LogP contribution in [0.5, 0.6) is 0 Å². The van der Waals surface area contributed by atoms with Crippen molar-refractivity contribution in [3.8, 4) is 0 Å². The van der Waals surface area contributed by atoms with Gasteiger partial charge in [-0.05, 0) is 31.7 Å². The minimum Gasteiger partial charge on any atom is -0.381 e. The number of hydrogen-bond acceptors (Lipinski definition) is 4. The molecule has 0 spiro atoms. The molecule has 2 saturated heterocycles. The maximum atomic E-state index is 12.5. The zero-order valence-electron chi connectivity index (χ0n) is 14.8. The first-order chi connectivity index (χ1) is 12.8. The SMILES string of the molecule is O=C(NCC(F)(F)F)c1cc(C2CCN(C(=O)C3CCOCC3)CC2)[nH]n1. The normalized spacial score (nSPS) is 19.9. The fraction of sp³-hybridized carbons (Fsp3) is 0.706. The zero-order chi connectivity index (χ0) is 19.4. The van der Waals surface area contributed by atoms with Crippen LogP contribution in [-0.4, -0.2) is 65.9 Å². The fourth-order valence-corrected chi connectivity index (χ4v) is 3.55. The molecule has 150 valence electrons. The number of amides is 2. The van der Waals surface area contributed by atoms with Gasteiger partial charge in [0, 0.05) is 43.8 Å². The third-order valence-electron chi connectivity index (χ3n) is 5.10. The highest BCUT2D eigenvalue weighted by Crippen LogP contribution is 2.29. The summed E-state index contributed by atoms with van der Waals surface area (Å²) >= 11 is 0. The van der Waals surface area contributed by atoms with Crippen LogP contribution in [0.3, 0.4) is 0 Å². The average Bonchev–Trinajstić information content (AvgIpc) is 3.16. The molecule has 0 saturated carbocycles. The van der Waals surface area contributed by atoms with E-state index in [4.69, 9.17) is 4.74 Å². The van der Waals surface area contributed by atoms with Crippen molar-refractivity contribution in [3.63, 3.8) is 0 Å². The summed E-state index contributed by atoms with van der Waals surface area (Å²) in [6.07, 6.45) is -1.49. The van der Waals surface area contributed by atoms with Crippen LogP contribution >= 0.6 is 0 Å². The zero-order valence-corrected chi connectivity index (χ0v) is 14.8. The van der Waals surface area contributed by atoms with Gasteiger partial charge in [0.2, 0.25) is 5.91 Å². The van der Waals surface area contributed by atoms with Crippen LogP contribution in [-0.2, 0) is 9.53 Å². The lowest BCUT2D eigenvalue weighted by molar-refractivity contribution is -0.139. The Hall–Kier alpha value is -2.10. The molecule has 2 aliphatic rings. The number of nitrogens with one attached hydrogen (secondary N) is 2. The lowest BCUT2D eigenvalue weighted by Gasteiger charge is -2.34. The van der Waals surface area contributed by atoms with Crippen LogP contribution in [0, 0.1) is 5.92 Å². The predicted molar refractivity (Wildman–Crippen MR) is 89.1 cm³/mol. The summed E-state index contributed by atoms with van der Waals surface area (Å²) in [7, 11) is 0. The Labute approximate surface area is 154 Å². The molecule has 10 heteroatoms. The van der Waals surface area contributed by atoms with E-state index >= 15 is 0 Å². The molecule has 0 unspecified atom stereocenters. The van der Waals surface area contributed by atoms with E-state index in [1.807, 2.05) is 4.90 Å². The molecule has 0 aliphatic carbocycles. The number of carbonyl (C=O) groups is 2. The van der Waals surface area contributed by atoms with Crippen molar-refractivity contribution < 1.29 is 27.5 Å². The maximum Gasteiger partial charge on any atom is 0.405 e. The highest BCUT2D eigenvalue weighted by atomic mass is 19.4. The van der Waals surface area contributed by atoms with Crippen molar-refractivity contribution in [2.75, 3.05) is 32.8 Å². The van der Waals surface area contributed by atoms with E-state index < -0.39 is 18.6 Å². The van der Waals surface area contributed by atoms with Crippen LogP contribution in [0.15, 0.2) is 6.07 Å². The molecule has 2 N–H and O–H groups in total. The Bertz CT molecular complexity index is 663. The Balaban J connectivity index is 1.50. The summed E-state index contributed by atoms with van der Waals surface area (Å²) in [5.74, 6) is -0.553. The summed E-state index contributed by atoms with van der Waals surface area (Å²) in [5, 5.41) is 8.37. The summed E-state index contributed by atoms with van der Waals surface area (Å²) in [5.41, 5.74) is 0.653. The summed E-state index contributed by atoms with van der Waals surface area (Å²) in [6, 6.07) is 1.49. The van der Waals surface area contributed by atoms with E-state index in [1.165, 1.54) is 6.07 Å².